The average Bonchev–Trinajstić information content (AvgIpc) is 2.86. The van der Waals surface area contributed by atoms with Gasteiger partial charge in [0.1, 0.15) is 5.75 Å². The quantitative estimate of drug-likeness (QED) is 0.211. The topological polar surface area (TPSA) is 95.9 Å². The van der Waals surface area contributed by atoms with E-state index in [1.807, 2.05) is 0 Å². The van der Waals surface area contributed by atoms with Gasteiger partial charge in [0.05, 0.1) is 13.0 Å². The molecule has 0 aromatic heterocycles. The molecular formula is C28H38F3NO5. The van der Waals surface area contributed by atoms with Crippen LogP contribution in [0.15, 0.2) is 54.6 Å². The number of benzene rings is 2. The zero-order chi connectivity index (χ0) is 27.4. The van der Waals surface area contributed by atoms with Crippen LogP contribution in [0, 0.1) is 0 Å². The van der Waals surface area contributed by atoms with Crippen molar-refractivity contribution < 1.29 is 37.7 Å². The van der Waals surface area contributed by atoms with Crippen LogP contribution in [0.3, 0.4) is 0 Å². The summed E-state index contributed by atoms with van der Waals surface area (Å²) in [7, 11) is 0. The molecule has 0 aliphatic carbocycles. The Balaban J connectivity index is 0.000000856. The molecule has 3 N–H and O–H groups in total. The molecule has 0 heterocycles. The number of ether oxygens (including phenoxy) is 1. The number of alkyl halides is 3. The molecule has 2 rings (SSSR count). The van der Waals surface area contributed by atoms with Crippen LogP contribution in [0.5, 0.6) is 5.75 Å². The largest absolute Gasteiger partial charge is 0.494 e. The number of nitrogens with one attached hydrogen (secondary N) is 1. The molecule has 37 heavy (non-hydrogen) atoms. The van der Waals surface area contributed by atoms with Gasteiger partial charge in [0.25, 0.3) is 0 Å². The Morgan fingerprint density at radius 3 is 1.86 bits per heavy atom. The maximum absolute atomic E-state index is 10.6. The first-order valence-electron chi connectivity index (χ1n) is 12.7. The van der Waals surface area contributed by atoms with Gasteiger partial charge in [0, 0.05) is 6.54 Å². The lowest BCUT2D eigenvalue weighted by Gasteiger charge is -2.08. The van der Waals surface area contributed by atoms with Gasteiger partial charge in [-0.15, -0.1) is 0 Å². The zero-order valence-electron chi connectivity index (χ0n) is 21.1. The van der Waals surface area contributed by atoms with E-state index in [0.717, 1.165) is 38.2 Å². The predicted octanol–water partition coefficient (Wildman–Crippen LogP) is 6.28. The van der Waals surface area contributed by atoms with Gasteiger partial charge in [-0.05, 0) is 61.9 Å². The number of unbranched alkanes of at least 4 members (excludes halogenated alkanes) is 5. The molecule has 9 heteroatoms. The molecule has 0 spiro atoms. The lowest BCUT2D eigenvalue weighted by molar-refractivity contribution is -0.192. The van der Waals surface area contributed by atoms with Crippen LogP contribution in [0.4, 0.5) is 13.2 Å². The molecule has 0 unspecified atom stereocenters. The van der Waals surface area contributed by atoms with E-state index in [1.165, 1.54) is 49.7 Å². The Labute approximate surface area is 216 Å². The zero-order valence-corrected chi connectivity index (χ0v) is 21.1. The van der Waals surface area contributed by atoms with Gasteiger partial charge in [-0.3, -0.25) is 4.79 Å². The van der Waals surface area contributed by atoms with E-state index >= 15 is 0 Å². The number of hydrogen-bond donors (Lipinski definition) is 3. The number of carbonyl (C=O) groups is 2. The van der Waals surface area contributed by atoms with Crippen LogP contribution in [-0.4, -0.2) is 48.0 Å². The fraction of sp³-hybridized carbons (Fsp3) is 0.500. The standard InChI is InChI=1S/C26H37NO3.C2HF3O2/c28-26(29)19-21-27-20-10-14-24-15-17-25(18-16-24)30-22-9-4-2-1-3-6-11-23-12-7-5-8-13-23;3-2(4,5)1(6)7/h5,7-8,12-13,15-18,27H,1-4,6,9-11,14,19-22H2,(H,28,29);(H,6,7). The van der Waals surface area contributed by atoms with Crippen LogP contribution < -0.4 is 10.1 Å². The summed E-state index contributed by atoms with van der Waals surface area (Å²) in [4.78, 5) is 19.3. The van der Waals surface area contributed by atoms with Crippen molar-refractivity contribution in [2.75, 3.05) is 19.7 Å². The first-order chi connectivity index (χ1) is 17.7. The van der Waals surface area contributed by atoms with Gasteiger partial charge in [0.2, 0.25) is 0 Å². The van der Waals surface area contributed by atoms with E-state index in [1.54, 1.807) is 0 Å². The van der Waals surface area contributed by atoms with Crippen LogP contribution >= 0.6 is 0 Å². The molecule has 0 bridgehead atoms. The first kappa shape index (κ1) is 32.0. The maximum atomic E-state index is 10.6. The van der Waals surface area contributed by atoms with Crippen molar-refractivity contribution in [3.05, 3.63) is 65.7 Å². The Morgan fingerprint density at radius 1 is 0.730 bits per heavy atom. The van der Waals surface area contributed by atoms with Crippen molar-refractivity contribution in [2.24, 2.45) is 0 Å². The van der Waals surface area contributed by atoms with Gasteiger partial charge in [-0.25, -0.2) is 4.79 Å². The second-order valence-electron chi connectivity index (χ2n) is 8.65. The Hall–Kier alpha value is -3.07. The minimum atomic E-state index is -5.08. The maximum Gasteiger partial charge on any atom is 0.490 e. The van der Waals surface area contributed by atoms with Gasteiger partial charge in [-0.2, -0.15) is 13.2 Å². The summed E-state index contributed by atoms with van der Waals surface area (Å²) in [6, 6.07) is 19.1. The van der Waals surface area contributed by atoms with Crippen LogP contribution in [0.1, 0.15) is 62.5 Å². The van der Waals surface area contributed by atoms with Crippen LogP contribution in [0.2, 0.25) is 0 Å². The molecule has 0 atom stereocenters. The second kappa shape index (κ2) is 19.1. The van der Waals surface area contributed by atoms with E-state index in [4.69, 9.17) is 19.7 Å². The van der Waals surface area contributed by atoms with E-state index < -0.39 is 18.1 Å². The van der Waals surface area contributed by atoms with Crippen LogP contribution in [0.25, 0.3) is 0 Å². The summed E-state index contributed by atoms with van der Waals surface area (Å²) in [6.07, 6.45) is 5.83. The first-order valence-corrected chi connectivity index (χ1v) is 12.7. The molecule has 0 amide bonds. The molecule has 0 saturated carbocycles. The minimum absolute atomic E-state index is 0.181. The van der Waals surface area contributed by atoms with Gasteiger partial charge in [0.15, 0.2) is 0 Å². The molecule has 0 fully saturated rings. The number of aryl methyl sites for hydroxylation is 2. The monoisotopic (exact) mass is 525 g/mol. The molecule has 0 aliphatic heterocycles. The highest BCUT2D eigenvalue weighted by Crippen LogP contribution is 2.15. The average molecular weight is 526 g/mol. The third kappa shape index (κ3) is 17.9. The number of carboxylic acids is 2. The highest BCUT2D eigenvalue weighted by Gasteiger charge is 2.38. The summed E-state index contributed by atoms with van der Waals surface area (Å²) in [5.74, 6) is -2.56. The van der Waals surface area contributed by atoms with E-state index in [2.05, 4.69) is 59.9 Å². The smallest absolute Gasteiger partial charge is 0.490 e. The van der Waals surface area contributed by atoms with Gasteiger partial charge >= 0.3 is 18.1 Å². The molecular weight excluding hydrogens is 487 g/mol. The molecule has 0 saturated heterocycles. The Bertz CT molecular complexity index is 874. The highest BCUT2D eigenvalue weighted by molar-refractivity contribution is 5.73. The SMILES string of the molecule is O=C(O)C(F)(F)F.O=C(O)CCNCCCc1ccc(OCCCCCCCCc2ccccc2)cc1. The van der Waals surface area contributed by atoms with E-state index in [9.17, 15) is 18.0 Å². The molecule has 2 aromatic carbocycles. The van der Waals surface area contributed by atoms with Crippen molar-refractivity contribution in [2.45, 2.75) is 70.4 Å². The third-order valence-electron chi connectivity index (χ3n) is 5.47. The fourth-order valence-electron chi connectivity index (χ4n) is 3.46. The van der Waals surface area contributed by atoms with Crippen LogP contribution in [-0.2, 0) is 22.4 Å². The Morgan fingerprint density at radius 2 is 1.27 bits per heavy atom. The van der Waals surface area contributed by atoms with E-state index in [-0.39, 0.29) is 6.42 Å². The predicted molar refractivity (Wildman–Crippen MR) is 137 cm³/mol. The molecule has 206 valence electrons. The summed E-state index contributed by atoms with van der Waals surface area (Å²) in [5.41, 5.74) is 2.74. The second-order valence-corrected chi connectivity index (χ2v) is 8.65. The van der Waals surface area contributed by atoms with Gasteiger partial charge in [-0.1, -0.05) is 68.1 Å². The number of halogens is 3. The summed E-state index contributed by atoms with van der Waals surface area (Å²) >= 11 is 0. The molecule has 0 aliphatic rings. The summed E-state index contributed by atoms with van der Waals surface area (Å²) < 4.78 is 37.6. The van der Waals surface area contributed by atoms with Crippen molar-refractivity contribution in [1.29, 1.82) is 0 Å². The van der Waals surface area contributed by atoms with Crippen molar-refractivity contribution in [3.8, 4) is 5.75 Å². The molecule has 6 nitrogen and oxygen atoms in total. The Kier molecular flexibility index (Phi) is 16.5. The highest BCUT2D eigenvalue weighted by atomic mass is 19.4. The normalized spacial score (nSPS) is 10.9. The van der Waals surface area contributed by atoms with E-state index in [0.29, 0.717) is 6.54 Å². The van der Waals surface area contributed by atoms with Crippen molar-refractivity contribution >= 4 is 11.9 Å². The van der Waals surface area contributed by atoms with Crippen molar-refractivity contribution in [1.82, 2.24) is 5.32 Å². The van der Waals surface area contributed by atoms with Crippen molar-refractivity contribution in [3.63, 3.8) is 0 Å². The number of aliphatic carboxylic acids is 2. The third-order valence-corrected chi connectivity index (χ3v) is 5.47. The molecule has 0 radical (unpaired) electrons. The number of carboxylic acid groups (broad SMARTS) is 2. The van der Waals surface area contributed by atoms with Gasteiger partial charge < -0.3 is 20.3 Å². The minimum Gasteiger partial charge on any atom is -0.494 e. The number of rotatable bonds is 17. The summed E-state index contributed by atoms with van der Waals surface area (Å²) in [5, 5.41) is 18.9. The summed E-state index contributed by atoms with van der Waals surface area (Å²) in [6.45, 7) is 2.17. The number of hydrogen-bond acceptors (Lipinski definition) is 4. The lowest BCUT2D eigenvalue weighted by Crippen LogP contribution is -2.21. The molecule has 2 aromatic rings. The lowest BCUT2D eigenvalue weighted by atomic mass is 10.1. The fourth-order valence-corrected chi connectivity index (χ4v) is 3.46.